The van der Waals surface area contributed by atoms with Gasteiger partial charge in [-0.25, -0.2) is 4.79 Å². The summed E-state index contributed by atoms with van der Waals surface area (Å²) in [5, 5.41) is 0. The number of amides is 1. The van der Waals surface area contributed by atoms with Crippen molar-refractivity contribution < 1.29 is 4.79 Å². The molecule has 3 heterocycles. The minimum atomic E-state index is -0.463. The SMILES string of the molecule is CC(C)Cc1cc(C(=O)N2CCN(c3cccnc3)CC2)nc(=O)[nH]1. The Hall–Kier alpha value is -2.70. The molecule has 3 rings (SSSR count). The molecule has 2 aromatic heterocycles. The zero-order valence-electron chi connectivity index (χ0n) is 14.6. The molecule has 1 aliphatic heterocycles. The second-order valence-electron chi connectivity index (χ2n) is 6.69. The van der Waals surface area contributed by atoms with Crippen LogP contribution in [0.1, 0.15) is 30.0 Å². The van der Waals surface area contributed by atoms with E-state index in [2.05, 4.69) is 33.7 Å². The van der Waals surface area contributed by atoms with E-state index in [9.17, 15) is 9.59 Å². The Labute approximate surface area is 146 Å². The summed E-state index contributed by atoms with van der Waals surface area (Å²) in [6, 6.07) is 5.63. The highest BCUT2D eigenvalue weighted by Crippen LogP contribution is 2.15. The number of piperazine rings is 1. The number of rotatable bonds is 4. The normalized spacial score (nSPS) is 14.8. The van der Waals surface area contributed by atoms with Crippen LogP contribution in [0.25, 0.3) is 0 Å². The van der Waals surface area contributed by atoms with Gasteiger partial charge in [0, 0.05) is 38.1 Å². The van der Waals surface area contributed by atoms with E-state index < -0.39 is 5.69 Å². The number of pyridine rings is 1. The Morgan fingerprint density at radius 1 is 1.28 bits per heavy atom. The molecule has 0 bridgehead atoms. The van der Waals surface area contributed by atoms with Gasteiger partial charge in [0.1, 0.15) is 5.69 Å². The molecule has 7 nitrogen and oxygen atoms in total. The standard InChI is InChI=1S/C18H23N5O2/c1-13(2)10-14-11-16(21-18(25)20-14)17(24)23-8-6-22(7-9-23)15-4-3-5-19-12-15/h3-5,11-13H,6-10H2,1-2H3,(H,20,21,25). The second kappa shape index (κ2) is 7.46. The molecule has 0 spiro atoms. The zero-order valence-corrected chi connectivity index (χ0v) is 14.6. The highest BCUT2D eigenvalue weighted by Gasteiger charge is 2.24. The minimum absolute atomic E-state index is 0.179. The van der Waals surface area contributed by atoms with Crippen molar-refractivity contribution in [3.05, 3.63) is 52.5 Å². The fraction of sp³-hybridized carbons (Fsp3) is 0.444. The molecule has 0 aliphatic carbocycles. The lowest BCUT2D eigenvalue weighted by molar-refractivity contribution is 0.0740. The molecule has 1 aliphatic rings. The Bertz CT molecular complexity index is 780. The van der Waals surface area contributed by atoms with E-state index in [1.165, 1.54) is 0 Å². The van der Waals surface area contributed by atoms with E-state index in [0.29, 0.717) is 25.4 Å². The average molecular weight is 341 g/mol. The van der Waals surface area contributed by atoms with Crippen LogP contribution in [0.3, 0.4) is 0 Å². The summed E-state index contributed by atoms with van der Waals surface area (Å²) < 4.78 is 0. The fourth-order valence-corrected chi connectivity index (χ4v) is 3.04. The van der Waals surface area contributed by atoms with Gasteiger partial charge in [-0.1, -0.05) is 13.8 Å². The Morgan fingerprint density at radius 3 is 2.68 bits per heavy atom. The third kappa shape index (κ3) is 4.23. The van der Waals surface area contributed by atoms with Gasteiger partial charge >= 0.3 is 5.69 Å². The molecule has 0 radical (unpaired) electrons. The van der Waals surface area contributed by atoms with Gasteiger partial charge in [-0.05, 0) is 30.5 Å². The zero-order chi connectivity index (χ0) is 17.8. The van der Waals surface area contributed by atoms with E-state index >= 15 is 0 Å². The van der Waals surface area contributed by atoms with Crippen molar-refractivity contribution >= 4 is 11.6 Å². The number of hydrogen-bond donors (Lipinski definition) is 1. The van der Waals surface area contributed by atoms with Gasteiger partial charge < -0.3 is 14.8 Å². The third-order valence-electron chi connectivity index (χ3n) is 4.23. The van der Waals surface area contributed by atoms with Crippen molar-refractivity contribution in [2.24, 2.45) is 5.92 Å². The number of aromatic amines is 1. The van der Waals surface area contributed by atoms with Crippen molar-refractivity contribution in [3.63, 3.8) is 0 Å². The highest BCUT2D eigenvalue weighted by atomic mass is 16.2. The summed E-state index contributed by atoms with van der Waals surface area (Å²) in [7, 11) is 0. The maximum Gasteiger partial charge on any atom is 0.345 e. The van der Waals surface area contributed by atoms with Gasteiger partial charge in [0.2, 0.25) is 0 Å². The number of aromatic nitrogens is 3. The molecule has 0 unspecified atom stereocenters. The van der Waals surface area contributed by atoms with Crippen LogP contribution in [0.15, 0.2) is 35.4 Å². The lowest BCUT2D eigenvalue weighted by atomic mass is 10.1. The molecule has 1 fully saturated rings. The van der Waals surface area contributed by atoms with Crippen molar-refractivity contribution in [2.45, 2.75) is 20.3 Å². The van der Waals surface area contributed by atoms with Crippen LogP contribution in [0.4, 0.5) is 5.69 Å². The first-order chi connectivity index (χ1) is 12.0. The van der Waals surface area contributed by atoms with Gasteiger partial charge in [-0.2, -0.15) is 4.98 Å². The monoisotopic (exact) mass is 341 g/mol. The molecule has 0 aromatic carbocycles. The molecule has 1 N–H and O–H groups in total. The van der Waals surface area contributed by atoms with Crippen LogP contribution >= 0.6 is 0 Å². The predicted molar refractivity (Wildman–Crippen MR) is 95.8 cm³/mol. The molecule has 132 valence electrons. The summed E-state index contributed by atoms with van der Waals surface area (Å²) in [4.78, 5) is 39.1. The summed E-state index contributed by atoms with van der Waals surface area (Å²) in [5.41, 5.74) is 1.58. The van der Waals surface area contributed by atoms with Gasteiger partial charge in [0.15, 0.2) is 0 Å². The van der Waals surface area contributed by atoms with Crippen LogP contribution < -0.4 is 10.6 Å². The van der Waals surface area contributed by atoms with Gasteiger partial charge in [0.25, 0.3) is 5.91 Å². The molecule has 1 amide bonds. The molecule has 1 saturated heterocycles. The number of carbonyl (C=O) groups is 1. The first-order valence-corrected chi connectivity index (χ1v) is 8.57. The van der Waals surface area contributed by atoms with Gasteiger partial charge in [-0.15, -0.1) is 0 Å². The Balaban J connectivity index is 1.68. The number of anilines is 1. The first-order valence-electron chi connectivity index (χ1n) is 8.57. The molecule has 7 heteroatoms. The molecule has 0 atom stereocenters. The third-order valence-corrected chi connectivity index (χ3v) is 4.23. The molecule has 2 aromatic rings. The highest BCUT2D eigenvalue weighted by molar-refractivity contribution is 5.92. The molecule has 0 saturated carbocycles. The van der Waals surface area contributed by atoms with E-state index in [4.69, 9.17) is 0 Å². The van der Waals surface area contributed by atoms with Crippen molar-refractivity contribution in [2.75, 3.05) is 31.1 Å². The van der Waals surface area contributed by atoms with Crippen LogP contribution in [-0.4, -0.2) is 51.9 Å². The summed E-state index contributed by atoms with van der Waals surface area (Å²) in [6.45, 7) is 6.80. The Kier molecular flexibility index (Phi) is 5.11. The van der Waals surface area contributed by atoms with E-state index in [1.807, 2.05) is 18.3 Å². The first kappa shape index (κ1) is 17.1. The maximum atomic E-state index is 12.7. The van der Waals surface area contributed by atoms with Crippen molar-refractivity contribution in [1.82, 2.24) is 19.9 Å². The number of nitrogens with zero attached hydrogens (tertiary/aromatic N) is 4. The smallest absolute Gasteiger partial charge is 0.345 e. The molecular formula is C18H23N5O2. The van der Waals surface area contributed by atoms with Crippen LogP contribution in [0, 0.1) is 5.92 Å². The quantitative estimate of drug-likeness (QED) is 0.907. The second-order valence-corrected chi connectivity index (χ2v) is 6.69. The predicted octanol–water partition coefficient (Wildman–Crippen LogP) is 1.33. The van der Waals surface area contributed by atoms with E-state index in [-0.39, 0.29) is 11.6 Å². The number of H-pyrrole nitrogens is 1. The van der Waals surface area contributed by atoms with Crippen LogP contribution in [-0.2, 0) is 6.42 Å². The lowest BCUT2D eigenvalue weighted by Gasteiger charge is -2.35. The lowest BCUT2D eigenvalue weighted by Crippen LogP contribution is -2.49. The number of nitrogens with one attached hydrogen (secondary N) is 1. The van der Waals surface area contributed by atoms with E-state index in [1.54, 1.807) is 17.2 Å². The average Bonchev–Trinajstić information content (AvgIpc) is 2.61. The number of hydrogen-bond acceptors (Lipinski definition) is 5. The Morgan fingerprint density at radius 2 is 2.04 bits per heavy atom. The summed E-state index contributed by atoms with van der Waals surface area (Å²) in [6.07, 6.45) is 4.29. The maximum absolute atomic E-state index is 12.7. The van der Waals surface area contributed by atoms with Crippen LogP contribution in [0.5, 0.6) is 0 Å². The van der Waals surface area contributed by atoms with E-state index in [0.717, 1.165) is 24.5 Å². The minimum Gasteiger partial charge on any atom is -0.367 e. The fourth-order valence-electron chi connectivity index (χ4n) is 3.04. The van der Waals surface area contributed by atoms with Gasteiger partial charge in [0.05, 0.1) is 11.9 Å². The topological polar surface area (TPSA) is 82.2 Å². The van der Waals surface area contributed by atoms with Gasteiger partial charge in [-0.3, -0.25) is 9.78 Å². The van der Waals surface area contributed by atoms with Crippen molar-refractivity contribution in [1.29, 1.82) is 0 Å². The largest absolute Gasteiger partial charge is 0.367 e. The molecule has 25 heavy (non-hydrogen) atoms. The summed E-state index contributed by atoms with van der Waals surface area (Å²) in [5.74, 6) is 0.214. The van der Waals surface area contributed by atoms with Crippen molar-refractivity contribution in [3.8, 4) is 0 Å². The van der Waals surface area contributed by atoms with Crippen LogP contribution in [0.2, 0.25) is 0 Å². The molecular weight excluding hydrogens is 318 g/mol. The summed E-state index contributed by atoms with van der Waals surface area (Å²) >= 11 is 0. The number of carbonyl (C=O) groups excluding carboxylic acids is 1.